The lowest BCUT2D eigenvalue weighted by molar-refractivity contribution is 0.155. The number of carbonyl (C=O) groups excluding carboxylic acids is 1. The molecule has 2 rings (SSSR count). The Balaban J connectivity index is 1.78. The van der Waals surface area contributed by atoms with Crippen LogP contribution in [0.1, 0.15) is 17.8 Å². The third-order valence-corrected chi connectivity index (χ3v) is 2.53. The molecule has 1 aromatic carbocycles. The second-order valence-corrected chi connectivity index (χ2v) is 4.12. The maximum absolute atomic E-state index is 11.5. The van der Waals surface area contributed by atoms with Gasteiger partial charge in [0, 0.05) is 13.0 Å². The van der Waals surface area contributed by atoms with Gasteiger partial charge in [-0.2, -0.15) is 4.98 Å². The molecule has 7 nitrogen and oxygen atoms in total. The molecule has 0 saturated heterocycles. The van der Waals surface area contributed by atoms with Crippen LogP contribution in [0.5, 0.6) is 0 Å². The van der Waals surface area contributed by atoms with E-state index in [2.05, 4.69) is 20.5 Å². The topological polar surface area (TPSA) is 100 Å². The van der Waals surface area contributed by atoms with Gasteiger partial charge in [0.25, 0.3) is 5.95 Å². The minimum absolute atomic E-state index is 0.0859. The van der Waals surface area contributed by atoms with Gasteiger partial charge in [-0.25, -0.2) is 4.79 Å². The van der Waals surface area contributed by atoms with Crippen molar-refractivity contribution in [3.8, 4) is 0 Å². The maximum Gasteiger partial charge on any atom is 0.414 e. The van der Waals surface area contributed by atoms with E-state index in [9.17, 15) is 4.79 Å². The SMILES string of the molecule is O=C(Nc1n[nH]c(CCCO)n1)OCc1ccccc1. The number of carbonyl (C=O) groups is 1. The van der Waals surface area contributed by atoms with Crippen molar-refractivity contribution in [3.63, 3.8) is 0 Å². The normalized spacial score (nSPS) is 10.2. The Hall–Kier alpha value is -2.41. The summed E-state index contributed by atoms with van der Waals surface area (Å²) in [7, 11) is 0. The Labute approximate surface area is 116 Å². The number of aromatic amines is 1. The first-order valence-corrected chi connectivity index (χ1v) is 6.28. The first kappa shape index (κ1) is 14.0. The van der Waals surface area contributed by atoms with Gasteiger partial charge in [-0.3, -0.25) is 10.4 Å². The van der Waals surface area contributed by atoms with Crippen LogP contribution in [0.2, 0.25) is 0 Å². The van der Waals surface area contributed by atoms with Crippen molar-refractivity contribution in [1.29, 1.82) is 0 Å². The standard InChI is InChI=1S/C13H16N4O3/c18-8-4-7-11-14-12(17-16-11)15-13(19)20-9-10-5-2-1-3-6-10/h1-3,5-6,18H,4,7-9H2,(H2,14,15,16,17,19). The van der Waals surface area contributed by atoms with Crippen molar-refractivity contribution in [3.05, 3.63) is 41.7 Å². The number of aromatic nitrogens is 3. The van der Waals surface area contributed by atoms with E-state index < -0.39 is 6.09 Å². The van der Waals surface area contributed by atoms with Crippen LogP contribution in [-0.4, -0.2) is 33.0 Å². The van der Waals surface area contributed by atoms with Crippen molar-refractivity contribution in [2.24, 2.45) is 0 Å². The molecule has 2 aromatic rings. The molecule has 0 aliphatic rings. The number of ether oxygens (including phenoxy) is 1. The second-order valence-electron chi connectivity index (χ2n) is 4.12. The molecule has 0 spiro atoms. The number of anilines is 1. The molecule has 1 heterocycles. The van der Waals surface area contributed by atoms with E-state index in [1.807, 2.05) is 30.3 Å². The highest BCUT2D eigenvalue weighted by molar-refractivity contribution is 5.82. The number of aliphatic hydroxyl groups is 1. The summed E-state index contributed by atoms with van der Waals surface area (Å²) < 4.78 is 5.04. The molecule has 0 aliphatic carbocycles. The van der Waals surface area contributed by atoms with Crippen molar-refractivity contribution >= 4 is 12.0 Å². The Morgan fingerprint density at radius 3 is 2.90 bits per heavy atom. The van der Waals surface area contributed by atoms with Crippen LogP contribution in [0.3, 0.4) is 0 Å². The van der Waals surface area contributed by atoms with Gasteiger partial charge in [-0.05, 0) is 12.0 Å². The zero-order chi connectivity index (χ0) is 14.2. The van der Waals surface area contributed by atoms with E-state index in [0.717, 1.165) is 5.56 Å². The number of hydrogen-bond donors (Lipinski definition) is 3. The average molecular weight is 276 g/mol. The molecule has 0 atom stereocenters. The number of amides is 1. The predicted molar refractivity (Wildman–Crippen MR) is 72.0 cm³/mol. The fourth-order valence-corrected chi connectivity index (χ4v) is 1.56. The van der Waals surface area contributed by atoms with Gasteiger partial charge < -0.3 is 9.84 Å². The summed E-state index contributed by atoms with van der Waals surface area (Å²) in [5.41, 5.74) is 0.904. The summed E-state index contributed by atoms with van der Waals surface area (Å²) in [5, 5.41) is 17.6. The van der Waals surface area contributed by atoms with Crippen LogP contribution in [0.4, 0.5) is 10.7 Å². The van der Waals surface area contributed by atoms with E-state index >= 15 is 0 Å². The molecule has 0 bridgehead atoms. The molecule has 0 fully saturated rings. The fraction of sp³-hybridized carbons (Fsp3) is 0.308. The first-order valence-electron chi connectivity index (χ1n) is 6.28. The van der Waals surface area contributed by atoms with Crippen molar-refractivity contribution < 1.29 is 14.6 Å². The molecule has 106 valence electrons. The lowest BCUT2D eigenvalue weighted by Crippen LogP contribution is -2.14. The largest absolute Gasteiger partial charge is 0.444 e. The van der Waals surface area contributed by atoms with Gasteiger partial charge in [-0.15, -0.1) is 5.10 Å². The fourth-order valence-electron chi connectivity index (χ4n) is 1.56. The highest BCUT2D eigenvalue weighted by Crippen LogP contribution is 2.04. The van der Waals surface area contributed by atoms with Crippen LogP contribution in [0.25, 0.3) is 0 Å². The molecule has 0 radical (unpaired) electrons. The summed E-state index contributed by atoms with van der Waals surface area (Å²) >= 11 is 0. The third kappa shape index (κ3) is 4.36. The van der Waals surface area contributed by atoms with Gasteiger partial charge >= 0.3 is 6.09 Å². The minimum atomic E-state index is -0.610. The number of nitrogens with zero attached hydrogens (tertiary/aromatic N) is 2. The molecule has 0 unspecified atom stereocenters. The van der Waals surface area contributed by atoms with E-state index in [4.69, 9.17) is 9.84 Å². The average Bonchev–Trinajstić information content (AvgIpc) is 2.91. The molecule has 1 aromatic heterocycles. The number of aliphatic hydroxyl groups excluding tert-OH is 1. The van der Waals surface area contributed by atoms with Gasteiger partial charge in [0.1, 0.15) is 12.4 Å². The summed E-state index contributed by atoms with van der Waals surface area (Å²) in [6.45, 7) is 0.275. The summed E-state index contributed by atoms with van der Waals surface area (Å²) in [5.74, 6) is 0.772. The summed E-state index contributed by atoms with van der Waals surface area (Å²) in [6.07, 6.45) is 0.554. The van der Waals surface area contributed by atoms with Crippen LogP contribution in [0, 0.1) is 0 Å². The summed E-state index contributed by atoms with van der Waals surface area (Å²) in [4.78, 5) is 15.6. The maximum atomic E-state index is 11.5. The van der Waals surface area contributed by atoms with Crippen LogP contribution >= 0.6 is 0 Å². The van der Waals surface area contributed by atoms with Gasteiger partial charge in [0.15, 0.2) is 0 Å². The summed E-state index contributed by atoms with van der Waals surface area (Å²) in [6, 6.07) is 9.38. The lowest BCUT2D eigenvalue weighted by Gasteiger charge is -2.04. The van der Waals surface area contributed by atoms with Gasteiger partial charge in [-0.1, -0.05) is 30.3 Å². The molecule has 1 amide bonds. The smallest absolute Gasteiger partial charge is 0.414 e. The lowest BCUT2D eigenvalue weighted by atomic mass is 10.2. The predicted octanol–water partition coefficient (Wildman–Crippen LogP) is 1.48. The number of rotatable bonds is 6. The van der Waals surface area contributed by atoms with Crippen molar-refractivity contribution in [2.45, 2.75) is 19.4 Å². The van der Waals surface area contributed by atoms with Crippen LogP contribution < -0.4 is 5.32 Å². The van der Waals surface area contributed by atoms with Gasteiger partial charge in [0.05, 0.1) is 0 Å². The molecule has 20 heavy (non-hydrogen) atoms. The number of aryl methyl sites for hydroxylation is 1. The molecule has 0 saturated carbocycles. The van der Waals surface area contributed by atoms with Crippen molar-refractivity contribution in [2.75, 3.05) is 11.9 Å². The van der Waals surface area contributed by atoms with E-state index in [1.54, 1.807) is 0 Å². The Kier molecular flexibility index (Phi) is 5.08. The number of H-pyrrole nitrogens is 1. The van der Waals surface area contributed by atoms with E-state index in [1.165, 1.54) is 0 Å². The highest BCUT2D eigenvalue weighted by Gasteiger charge is 2.08. The van der Waals surface area contributed by atoms with Crippen molar-refractivity contribution in [1.82, 2.24) is 15.2 Å². The van der Waals surface area contributed by atoms with Gasteiger partial charge in [0.2, 0.25) is 0 Å². The van der Waals surface area contributed by atoms with Crippen LogP contribution in [0.15, 0.2) is 30.3 Å². The third-order valence-electron chi connectivity index (χ3n) is 2.53. The van der Waals surface area contributed by atoms with Crippen LogP contribution in [-0.2, 0) is 17.8 Å². The molecule has 0 aliphatic heterocycles. The Morgan fingerprint density at radius 1 is 1.35 bits per heavy atom. The number of nitrogens with one attached hydrogen (secondary N) is 2. The first-order chi connectivity index (χ1) is 9.78. The molecule has 7 heteroatoms. The highest BCUT2D eigenvalue weighted by atomic mass is 16.5. The quantitative estimate of drug-likeness (QED) is 0.742. The molecular weight excluding hydrogens is 260 g/mol. The minimum Gasteiger partial charge on any atom is -0.444 e. The Morgan fingerprint density at radius 2 is 2.15 bits per heavy atom. The molecule has 3 N–H and O–H groups in total. The molecular formula is C13H16N4O3. The van der Waals surface area contributed by atoms with E-state index in [-0.39, 0.29) is 19.2 Å². The zero-order valence-corrected chi connectivity index (χ0v) is 10.9. The van der Waals surface area contributed by atoms with E-state index in [0.29, 0.717) is 18.7 Å². The Bertz CT molecular complexity index is 542. The second kappa shape index (κ2) is 7.25. The number of benzene rings is 1. The monoisotopic (exact) mass is 276 g/mol. The zero-order valence-electron chi connectivity index (χ0n) is 10.9. The number of hydrogen-bond acceptors (Lipinski definition) is 5.